The van der Waals surface area contributed by atoms with Crippen LogP contribution in [-0.2, 0) is 11.5 Å². The fourth-order valence-corrected chi connectivity index (χ4v) is 2.59. The average molecular weight is 278 g/mol. The molecule has 0 aliphatic rings. The third-order valence-electron chi connectivity index (χ3n) is 2.61. The van der Waals surface area contributed by atoms with E-state index in [9.17, 15) is 4.79 Å². The van der Waals surface area contributed by atoms with Gasteiger partial charge in [-0.1, -0.05) is 0 Å². The fraction of sp³-hybridized carbons (Fsp3) is 0.214. The molecule has 0 radical (unpaired) electrons. The number of rotatable bonds is 6. The van der Waals surface area contributed by atoms with Crippen molar-refractivity contribution < 1.29 is 19.1 Å². The monoisotopic (exact) mass is 278 g/mol. The Morgan fingerprint density at radius 1 is 1.37 bits per heavy atom. The Hall–Kier alpha value is -1.88. The lowest BCUT2D eigenvalue weighted by molar-refractivity contribution is 0.0696. The van der Waals surface area contributed by atoms with Gasteiger partial charge in [0.2, 0.25) is 0 Å². The standard InChI is InChI=1S/C14H14O4S/c1-17-13-5-4-10(14(15)16)7-11(13)8-19-9-12-3-2-6-18-12/h2-7H,8-9H2,1H3,(H,15,16). The normalized spacial score (nSPS) is 10.4. The second-order valence-corrected chi connectivity index (χ2v) is 4.89. The number of ether oxygens (including phenoxy) is 1. The Kier molecular flexibility index (Phi) is 4.52. The zero-order valence-corrected chi connectivity index (χ0v) is 11.3. The van der Waals surface area contributed by atoms with E-state index in [1.54, 1.807) is 43.3 Å². The molecule has 0 fully saturated rings. The first-order valence-electron chi connectivity index (χ1n) is 5.71. The van der Waals surface area contributed by atoms with E-state index in [0.717, 1.165) is 17.1 Å². The van der Waals surface area contributed by atoms with Gasteiger partial charge in [0.1, 0.15) is 11.5 Å². The van der Waals surface area contributed by atoms with Gasteiger partial charge in [-0.3, -0.25) is 0 Å². The number of carbonyl (C=O) groups is 1. The highest BCUT2D eigenvalue weighted by Gasteiger charge is 2.09. The molecule has 0 aliphatic carbocycles. The predicted octanol–water partition coefficient (Wildman–Crippen LogP) is 3.42. The number of methoxy groups -OCH3 is 1. The number of carboxylic acids is 1. The molecule has 0 spiro atoms. The van der Waals surface area contributed by atoms with Gasteiger partial charge in [0, 0.05) is 11.3 Å². The first-order chi connectivity index (χ1) is 9.20. The van der Waals surface area contributed by atoms with Crippen molar-refractivity contribution >= 4 is 17.7 Å². The fourth-order valence-electron chi connectivity index (χ4n) is 1.68. The van der Waals surface area contributed by atoms with Crippen LogP contribution in [0.15, 0.2) is 41.0 Å². The topological polar surface area (TPSA) is 59.7 Å². The summed E-state index contributed by atoms with van der Waals surface area (Å²) in [4.78, 5) is 11.0. The highest BCUT2D eigenvalue weighted by molar-refractivity contribution is 7.97. The van der Waals surface area contributed by atoms with Crippen LogP contribution < -0.4 is 4.74 Å². The lowest BCUT2D eigenvalue weighted by Crippen LogP contribution is -1.99. The van der Waals surface area contributed by atoms with Gasteiger partial charge in [0.25, 0.3) is 0 Å². The first kappa shape index (κ1) is 13.5. The van der Waals surface area contributed by atoms with Crippen molar-refractivity contribution in [3.8, 4) is 5.75 Å². The van der Waals surface area contributed by atoms with Crippen molar-refractivity contribution in [1.82, 2.24) is 0 Å². The smallest absolute Gasteiger partial charge is 0.335 e. The molecule has 0 unspecified atom stereocenters. The molecule has 2 rings (SSSR count). The molecular formula is C14H14O4S. The van der Waals surface area contributed by atoms with Crippen LogP contribution in [0.1, 0.15) is 21.7 Å². The molecule has 19 heavy (non-hydrogen) atoms. The SMILES string of the molecule is COc1ccc(C(=O)O)cc1CSCc1ccco1. The van der Waals surface area contributed by atoms with Gasteiger partial charge in [0.05, 0.1) is 24.7 Å². The second-order valence-electron chi connectivity index (χ2n) is 3.90. The molecule has 1 aromatic heterocycles. The molecule has 2 aromatic rings. The molecule has 4 nitrogen and oxygen atoms in total. The molecule has 1 aromatic carbocycles. The van der Waals surface area contributed by atoms with Gasteiger partial charge in [0.15, 0.2) is 0 Å². The molecule has 1 N–H and O–H groups in total. The molecule has 0 aliphatic heterocycles. The lowest BCUT2D eigenvalue weighted by Gasteiger charge is -2.08. The van der Waals surface area contributed by atoms with Crippen molar-refractivity contribution in [2.24, 2.45) is 0 Å². The molecular weight excluding hydrogens is 264 g/mol. The first-order valence-corrected chi connectivity index (χ1v) is 6.86. The van der Waals surface area contributed by atoms with Crippen molar-refractivity contribution in [2.75, 3.05) is 7.11 Å². The zero-order valence-electron chi connectivity index (χ0n) is 10.5. The Bertz CT molecular complexity index is 549. The van der Waals surface area contributed by atoms with E-state index >= 15 is 0 Å². The summed E-state index contributed by atoms with van der Waals surface area (Å²) in [6, 6.07) is 8.64. The number of thioether (sulfide) groups is 1. The van der Waals surface area contributed by atoms with Crippen molar-refractivity contribution in [3.63, 3.8) is 0 Å². The van der Waals surface area contributed by atoms with Crippen LogP contribution in [0, 0.1) is 0 Å². The minimum absolute atomic E-state index is 0.273. The molecule has 0 bridgehead atoms. The Morgan fingerprint density at radius 2 is 2.21 bits per heavy atom. The number of carboxylic acid groups (broad SMARTS) is 1. The number of benzene rings is 1. The van der Waals surface area contributed by atoms with E-state index in [2.05, 4.69) is 0 Å². The number of furan rings is 1. The van der Waals surface area contributed by atoms with E-state index in [1.807, 2.05) is 12.1 Å². The maximum atomic E-state index is 11.0. The maximum Gasteiger partial charge on any atom is 0.335 e. The van der Waals surface area contributed by atoms with Crippen LogP contribution in [0.3, 0.4) is 0 Å². The zero-order chi connectivity index (χ0) is 13.7. The number of hydrogen-bond acceptors (Lipinski definition) is 4. The van der Waals surface area contributed by atoms with E-state index in [-0.39, 0.29) is 5.56 Å². The van der Waals surface area contributed by atoms with Gasteiger partial charge >= 0.3 is 5.97 Å². The summed E-state index contributed by atoms with van der Waals surface area (Å²) in [5.74, 6) is 2.09. The molecule has 0 amide bonds. The van der Waals surface area contributed by atoms with Gasteiger partial charge in [-0.15, -0.1) is 11.8 Å². The number of aromatic carboxylic acids is 1. The summed E-state index contributed by atoms with van der Waals surface area (Å²) in [7, 11) is 1.58. The molecule has 1 heterocycles. The Labute approximate surface area is 115 Å². The van der Waals surface area contributed by atoms with Crippen LogP contribution in [-0.4, -0.2) is 18.2 Å². The minimum Gasteiger partial charge on any atom is -0.496 e. The Balaban J connectivity index is 2.04. The van der Waals surface area contributed by atoms with E-state index in [0.29, 0.717) is 11.5 Å². The quantitative estimate of drug-likeness (QED) is 0.877. The summed E-state index contributed by atoms with van der Waals surface area (Å²) in [6.45, 7) is 0. The summed E-state index contributed by atoms with van der Waals surface area (Å²) < 4.78 is 10.5. The van der Waals surface area contributed by atoms with Crippen LogP contribution in [0.25, 0.3) is 0 Å². The summed E-state index contributed by atoms with van der Waals surface area (Å²) in [5.41, 5.74) is 1.15. The maximum absolute atomic E-state index is 11.0. The van der Waals surface area contributed by atoms with Crippen LogP contribution in [0.2, 0.25) is 0 Å². The van der Waals surface area contributed by atoms with E-state index < -0.39 is 5.97 Å². The van der Waals surface area contributed by atoms with Crippen molar-refractivity contribution in [2.45, 2.75) is 11.5 Å². The van der Waals surface area contributed by atoms with Crippen LogP contribution >= 0.6 is 11.8 Å². The molecule has 0 atom stereocenters. The lowest BCUT2D eigenvalue weighted by atomic mass is 10.1. The van der Waals surface area contributed by atoms with Crippen LogP contribution in [0.5, 0.6) is 5.75 Å². The Morgan fingerprint density at radius 3 is 2.84 bits per heavy atom. The van der Waals surface area contributed by atoms with Crippen molar-refractivity contribution in [3.05, 3.63) is 53.5 Å². The third-order valence-corrected chi connectivity index (χ3v) is 3.61. The van der Waals surface area contributed by atoms with E-state index in [4.69, 9.17) is 14.3 Å². The van der Waals surface area contributed by atoms with Gasteiger partial charge < -0.3 is 14.3 Å². The molecule has 0 saturated heterocycles. The van der Waals surface area contributed by atoms with Crippen molar-refractivity contribution in [1.29, 1.82) is 0 Å². The van der Waals surface area contributed by atoms with Crippen LogP contribution in [0.4, 0.5) is 0 Å². The minimum atomic E-state index is -0.931. The van der Waals surface area contributed by atoms with Gasteiger partial charge in [-0.05, 0) is 30.3 Å². The van der Waals surface area contributed by atoms with Gasteiger partial charge in [-0.2, -0.15) is 0 Å². The molecule has 0 saturated carbocycles. The van der Waals surface area contributed by atoms with Gasteiger partial charge in [-0.25, -0.2) is 4.79 Å². The molecule has 5 heteroatoms. The summed E-state index contributed by atoms with van der Waals surface area (Å²) in [6.07, 6.45) is 1.64. The third kappa shape index (κ3) is 3.54. The average Bonchev–Trinajstić information content (AvgIpc) is 2.91. The predicted molar refractivity (Wildman–Crippen MR) is 73.7 cm³/mol. The highest BCUT2D eigenvalue weighted by Crippen LogP contribution is 2.26. The number of hydrogen-bond donors (Lipinski definition) is 1. The molecule has 100 valence electrons. The highest BCUT2D eigenvalue weighted by atomic mass is 32.2. The van der Waals surface area contributed by atoms with E-state index in [1.165, 1.54) is 0 Å². The summed E-state index contributed by atoms with van der Waals surface area (Å²) >= 11 is 1.65. The summed E-state index contributed by atoms with van der Waals surface area (Å²) in [5, 5.41) is 8.99. The largest absolute Gasteiger partial charge is 0.496 e. The second kappa shape index (κ2) is 6.33.